The molecule has 1 fully saturated rings. The Bertz CT molecular complexity index is 1060. The van der Waals surface area contributed by atoms with E-state index in [0.29, 0.717) is 17.1 Å². The first-order valence-electron chi connectivity index (χ1n) is 10.9. The van der Waals surface area contributed by atoms with Gasteiger partial charge < -0.3 is 14.7 Å². The summed E-state index contributed by atoms with van der Waals surface area (Å²) in [6.07, 6.45) is 1.64. The van der Waals surface area contributed by atoms with E-state index in [0.717, 1.165) is 35.3 Å². The maximum absolute atomic E-state index is 13.1. The molecule has 1 atom stereocenters. The van der Waals surface area contributed by atoms with Crippen LogP contribution in [0, 0.1) is 6.92 Å². The van der Waals surface area contributed by atoms with Crippen molar-refractivity contribution in [3.63, 3.8) is 0 Å². The smallest absolute Gasteiger partial charge is 0.295 e. The number of carbonyl (C=O) groups is 2. The average molecular weight is 456 g/mol. The van der Waals surface area contributed by atoms with Crippen LogP contribution >= 0.6 is 11.6 Å². The highest BCUT2D eigenvalue weighted by molar-refractivity contribution is 6.46. The zero-order valence-corrected chi connectivity index (χ0v) is 20.0. The molecular weight excluding hydrogens is 426 g/mol. The zero-order chi connectivity index (χ0) is 23.6. The van der Waals surface area contributed by atoms with Gasteiger partial charge in [0, 0.05) is 17.1 Å². The molecule has 1 aliphatic heterocycles. The van der Waals surface area contributed by atoms with Crippen molar-refractivity contribution in [1.29, 1.82) is 0 Å². The first kappa shape index (κ1) is 23.9. The van der Waals surface area contributed by atoms with Gasteiger partial charge in [0.05, 0.1) is 18.7 Å². The molecule has 170 valence electrons. The summed E-state index contributed by atoms with van der Waals surface area (Å²) in [7, 11) is 1.61. The average Bonchev–Trinajstić information content (AvgIpc) is 3.02. The molecule has 6 heteroatoms. The molecule has 0 spiro atoms. The SMILES string of the molecule is CCCCN1C(=O)C(=O)/C(=C(/O)c2cc(C(C)C)c(OC)cc2C)C1c1ccc(Cl)cc1. The maximum atomic E-state index is 13.1. The fourth-order valence-corrected chi connectivity index (χ4v) is 4.28. The molecule has 1 saturated heterocycles. The van der Waals surface area contributed by atoms with Gasteiger partial charge in [-0.15, -0.1) is 0 Å². The van der Waals surface area contributed by atoms with Crippen LogP contribution in [0.1, 0.15) is 67.8 Å². The number of hydrogen-bond donors (Lipinski definition) is 1. The highest BCUT2D eigenvalue weighted by atomic mass is 35.5. The minimum Gasteiger partial charge on any atom is -0.507 e. The van der Waals surface area contributed by atoms with Crippen LogP contribution in [0.5, 0.6) is 5.75 Å². The Morgan fingerprint density at radius 2 is 1.84 bits per heavy atom. The number of aryl methyl sites for hydroxylation is 1. The second-order valence-corrected chi connectivity index (χ2v) is 8.90. The van der Waals surface area contributed by atoms with Crippen LogP contribution in [-0.4, -0.2) is 35.4 Å². The molecule has 3 rings (SSSR count). The van der Waals surface area contributed by atoms with E-state index in [9.17, 15) is 14.7 Å². The quantitative estimate of drug-likeness (QED) is 0.315. The number of ether oxygens (including phenoxy) is 1. The number of unbranched alkanes of at least 4 members (excludes halogenated alkanes) is 1. The molecule has 0 bridgehead atoms. The number of carbonyl (C=O) groups excluding carboxylic acids is 2. The van der Waals surface area contributed by atoms with Gasteiger partial charge in [-0.25, -0.2) is 0 Å². The number of amides is 1. The second-order valence-electron chi connectivity index (χ2n) is 8.46. The Hall–Kier alpha value is -2.79. The number of nitrogens with zero attached hydrogens (tertiary/aromatic N) is 1. The highest BCUT2D eigenvalue weighted by Gasteiger charge is 2.45. The minimum absolute atomic E-state index is 0.108. The van der Waals surface area contributed by atoms with Gasteiger partial charge in [0.15, 0.2) is 0 Å². The lowest BCUT2D eigenvalue weighted by Crippen LogP contribution is -2.30. The van der Waals surface area contributed by atoms with Gasteiger partial charge in [-0.1, -0.05) is 50.9 Å². The lowest BCUT2D eigenvalue weighted by Gasteiger charge is -2.25. The second kappa shape index (κ2) is 9.78. The molecular formula is C26H30ClNO4. The van der Waals surface area contributed by atoms with Gasteiger partial charge in [0.25, 0.3) is 11.7 Å². The normalized spacial score (nSPS) is 18.0. The predicted octanol–water partition coefficient (Wildman–Crippen LogP) is 6.00. The summed E-state index contributed by atoms with van der Waals surface area (Å²) < 4.78 is 5.51. The lowest BCUT2D eigenvalue weighted by molar-refractivity contribution is -0.139. The molecule has 0 aromatic heterocycles. The standard InChI is InChI=1S/C26H30ClNO4/c1-6-7-12-28-23(17-8-10-18(27)11-9-17)22(25(30)26(28)31)24(29)20-14-19(15(2)3)21(32-5)13-16(20)4/h8-11,13-15,23,29H,6-7,12H2,1-5H3/b24-22+. The number of methoxy groups -OCH3 is 1. The Kier molecular flexibility index (Phi) is 7.29. The Morgan fingerprint density at radius 3 is 2.41 bits per heavy atom. The summed E-state index contributed by atoms with van der Waals surface area (Å²) in [4.78, 5) is 27.6. The van der Waals surface area contributed by atoms with E-state index < -0.39 is 17.7 Å². The third-order valence-corrected chi connectivity index (χ3v) is 6.18. The fourth-order valence-electron chi connectivity index (χ4n) is 4.16. The van der Waals surface area contributed by atoms with Gasteiger partial charge in [0.2, 0.25) is 0 Å². The van der Waals surface area contributed by atoms with Crippen molar-refractivity contribution in [2.45, 2.75) is 52.5 Å². The number of aliphatic hydroxyl groups is 1. The van der Waals surface area contributed by atoms with E-state index in [1.54, 1.807) is 36.3 Å². The van der Waals surface area contributed by atoms with E-state index in [1.807, 2.05) is 39.8 Å². The molecule has 2 aromatic rings. The monoisotopic (exact) mass is 455 g/mol. The molecule has 32 heavy (non-hydrogen) atoms. The van der Waals surface area contributed by atoms with Crippen molar-refractivity contribution in [2.24, 2.45) is 0 Å². The number of halogens is 1. The van der Waals surface area contributed by atoms with Gasteiger partial charge in [-0.3, -0.25) is 9.59 Å². The maximum Gasteiger partial charge on any atom is 0.295 e. The molecule has 1 N–H and O–H groups in total. The largest absolute Gasteiger partial charge is 0.507 e. The van der Waals surface area contributed by atoms with E-state index in [1.165, 1.54) is 0 Å². The van der Waals surface area contributed by atoms with Crippen molar-refractivity contribution in [2.75, 3.05) is 13.7 Å². The summed E-state index contributed by atoms with van der Waals surface area (Å²) in [6, 6.07) is 10.1. The van der Waals surface area contributed by atoms with Gasteiger partial charge in [-0.2, -0.15) is 0 Å². The molecule has 1 aliphatic rings. The van der Waals surface area contributed by atoms with Crippen LogP contribution < -0.4 is 4.74 Å². The van der Waals surface area contributed by atoms with Gasteiger partial charge >= 0.3 is 0 Å². The number of likely N-dealkylation sites (tertiary alicyclic amines) is 1. The van der Waals surface area contributed by atoms with Gasteiger partial charge in [0.1, 0.15) is 11.5 Å². The number of benzene rings is 2. The number of hydrogen-bond acceptors (Lipinski definition) is 4. The number of rotatable bonds is 7. The Balaban J connectivity index is 2.24. The predicted molar refractivity (Wildman–Crippen MR) is 127 cm³/mol. The summed E-state index contributed by atoms with van der Waals surface area (Å²) in [5.74, 6) is -0.540. The third kappa shape index (κ3) is 4.40. The highest BCUT2D eigenvalue weighted by Crippen LogP contribution is 2.41. The first-order valence-corrected chi connectivity index (χ1v) is 11.3. The molecule has 0 saturated carbocycles. The number of Topliss-reactive ketones (excluding diaryl/α,β-unsaturated/α-hetero) is 1. The summed E-state index contributed by atoms with van der Waals surface area (Å²) in [6.45, 7) is 8.39. The zero-order valence-electron chi connectivity index (χ0n) is 19.2. The van der Waals surface area contributed by atoms with E-state index in [4.69, 9.17) is 16.3 Å². The minimum atomic E-state index is -0.667. The molecule has 5 nitrogen and oxygen atoms in total. The first-order chi connectivity index (χ1) is 15.2. The van der Waals surface area contributed by atoms with E-state index in [-0.39, 0.29) is 17.3 Å². The topological polar surface area (TPSA) is 66.8 Å². The molecule has 0 radical (unpaired) electrons. The van der Waals surface area contributed by atoms with Crippen LogP contribution in [0.3, 0.4) is 0 Å². The number of ketones is 1. The fraction of sp³-hybridized carbons (Fsp3) is 0.385. The van der Waals surface area contributed by atoms with Crippen molar-refractivity contribution >= 4 is 29.1 Å². The van der Waals surface area contributed by atoms with Crippen LogP contribution in [0.15, 0.2) is 42.0 Å². The Labute approximate surface area is 194 Å². The molecule has 1 amide bonds. The molecule has 1 unspecified atom stereocenters. The van der Waals surface area contributed by atoms with Crippen LogP contribution in [0.2, 0.25) is 5.02 Å². The summed E-state index contributed by atoms with van der Waals surface area (Å²) in [5.41, 5.74) is 3.06. The van der Waals surface area contributed by atoms with Gasteiger partial charge in [-0.05, 0) is 60.2 Å². The molecule has 0 aliphatic carbocycles. The lowest BCUT2D eigenvalue weighted by atomic mass is 9.91. The van der Waals surface area contributed by atoms with Crippen molar-refractivity contribution in [1.82, 2.24) is 4.90 Å². The van der Waals surface area contributed by atoms with Crippen LogP contribution in [0.4, 0.5) is 0 Å². The van der Waals surface area contributed by atoms with E-state index >= 15 is 0 Å². The molecule has 1 heterocycles. The van der Waals surface area contributed by atoms with Crippen LogP contribution in [0.25, 0.3) is 5.76 Å². The number of aliphatic hydroxyl groups excluding tert-OH is 1. The van der Waals surface area contributed by atoms with Crippen LogP contribution in [-0.2, 0) is 9.59 Å². The summed E-state index contributed by atoms with van der Waals surface area (Å²) >= 11 is 6.07. The van der Waals surface area contributed by atoms with Crippen molar-refractivity contribution < 1.29 is 19.4 Å². The molecule has 2 aromatic carbocycles. The Morgan fingerprint density at radius 1 is 1.19 bits per heavy atom. The van der Waals surface area contributed by atoms with E-state index in [2.05, 4.69) is 0 Å². The van der Waals surface area contributed by atoms with Crippen molar-refractivity contribution in [3.8, 4) is 5.75 Å². The third-order valence-electron chi connectivity index (χ3n) is 5.93. The van der Waals surface area contributed by atoms with Crippen molar-refractivity contribution in [3.05, 3.63) is 69.2 Å². The summed E-state index contributed by atoms with van der Waals surface area (Å²) in [5, 5.41) is 12.0.